The van der Waals surface area contributed by atoms with Gasteiger partial charge in [-0.15, -0.1) is 0 Å². The van der Waals surface area contributed by atoms with Gasteiger partial charge in [0.2, 0.25) is 0 Å². The molecule has 1 saturated heterocycles. The second-order valence-corrected chi connectivity index (χ2v) is 6.03. The van der Waals surface area contributed by atoms with E-state index in [1.54, 1.807) is 30.3 Å². The molecule has 0 aromatic heterocycles. The van der Waals surface area contributed by atoms with E-state index < -0.39 is 35.9 Å². The molecule has 2 aromatic rings. The van der Waals surface area contributed by atoms with Crippen LogP contribution >= 0.6 is 0 Å². The van der Waals surface area contributed by atoms with Crippen molar-refractivity contribution in [3.63, 3.8) is 0 Å². The van der Waals surface area contributed by atoms with Crippen LogP contribution in [0.3, 0.4) is 0 Å². The van der Waals surface area contributed by atoms with Crippen molar-refractivity contribution in [2.24, 2.45) is 0 Å². The lowest BCUT2D eigenvalue weighted by atomic mass is 9.95. The summed E-state index contributed by atoms with van der Waals surface area (Å²) in [5.41, 5.74) is 0.546. The molecule has 1 aliphatic heterocycles. The summed E-state index contributed by atoms with van der Waals surface area (Å²) in [5, 5.41) is 21.5. The number of amides is 1. The molecule has 2 aromatic carbocycles. The third-order valence-corrected chi connectivity index (χ3v) is 4.33. The number of ketones is 1. The lowest BCUT2D eigenvalue weighted by molar-refractivity contribution is -0.305. The van der Waals surface area contributed by atoms with Gasteiger partial charge in [0.1, 0.15) is 11.6 Å². The quantitative estimate of drug-likeness (QED) is 0.489. The third-order valence-electron chi connectivity index (χ3n) is 4.33. The molecule has 3 rings (SSSR count). The second-order valence-electron chi connectivity index (χ2n) is 6.03. The van der Waals surface area contributed by atoms with Crippen LogP contribution in [0, 0.1) is 5.82 Å². The monoisotopic (exact) mass is 368 g/mol. The number of rotatable bonds is 5. The fourth-order valence-corrected chi connectivity index (χ4v) is 3.07. The number of likely N-dealkylation sites (tertiary alicyclic amines) is 1. The van der Waals surface area contributed by atoms with Gasteiger partial charge in [0.25, 0.3) is 11.7 Å². The maximum absolute atomic E-state index is 13.3. The Hall–Kier alpha value is -3.48. The van der Waals surface area contributed by atoms with Crippen molar-refractivity contribution in [3.8, 4) is 0 Å². The zero-order valence-electron chi connectivity index (χ0n) is 14.1. The van der Waals surface area contributed by atoms with Crippen LogP contribution in [0.15, 0.2) is 60.2 Å². The van der Waals surface area contributed by atoms with E-state index in [1.807, 2.05) is 0 Å². The first-order valence-corrected chi connectivity index (χ1v) is 8.19. The minimum Gasteiger partial charge on any atom is -0.550 e. The number of carbonyl (C=O) groups excluding carboxylic acids is 3. The van der Waals surface area contributed by atoms with E-state index in [-0.39, 0.29) is 17.9 Å². The zero-order valence-corrected chi connectivity index (χ0v) is 14.1. The van der Waals surface area contributed by atoms with Crippen LogP contribution in [-0.4, -0.2) is 34.2 Å². The first-order valence-electron chi connectivity index (χ1n) is 8.19. The molecule has 0 unspecified atom stereocenters. The minimum atomic E-state index is -1.38. The predicted octanol–water partition coefficient (Wildman–Crippen LogP) is 1.39. The zero-order chi connectivity index (χ0) is 19.6. The molecule has 7 heteroatoms. The molecule has 1 atom stereocenters. The molecule has 0 aliphatic carbocycles. The van der Waals surface area contributed by atoms with E-state index in [9.17, 15) is 29.0 Å². The number of benzene rings is 2. The highest BCUT2D eigenvalue weighted by Gasteiger charge is 2.45. The molecule has 1 N–H and O–H groups in total. The van der Waals surface area contributed by atoms with Gasteiger partial charge in [0.05, 0.1) is 11.6 Å². The lowest BCUT2D eigenvalue weighted by Crippen LogP contribution is -2.34. The van der Waals surface area contributed by atoms with Crippen molar-refractivity contribution < 1.29 is 29.0 Å². The minimum absolute atomic E-state index is 0.170. The fraction of sp³-hybridized carbons (Fsp3) is 0.150. The molecule has 1 heterocycles. The Morgan fingerprint density at radius 3 is 2.30 bits per heavy atom. The number of nitrogens with zero attached hydrogens (tertiary/aromatic N) is 1. The van der Waals surface area contributed by atoms with Crippen LogP contribution in [0.4, 0.5) is 4.39 Å². The van der Waals surface area contributed by atoms with Crippen LogP contribution in [0.25, 0.3) is 5.76 Å². The third kappa shape index (κ3) is 3.57. The van der Waals surface area contributed by atoms with Gasteiger partial charge in [-0.3, -0.25) is 9.59 Å². The van der Waals surface area contributed by atoms with E-state index in [0.29, 0.717) is 11.1 Å². The predicted molar refractivity (Wildman–Crippen MR) is 91.5 cm³/mol. The van der Waals surface area contributed by atoms with E-state index in [1.165, 1.54) is 12.1 Å². The van der Waals surface area contributed by atoms with Gasteiger partial charge < -0.3 is 19.9 Å². The Kier molecular flexibility index (Phi) is 5.03. The molecule has 1 amide bonds. The number of carboxylic acids is 1. The molecular formula is C20H15FNO5-. The summed E-state index contributed by atoms with van der Waals surface area (Å²) in [7, 11) is 0. The Morgan fingerprint density at radius 2 is 1.70 bits per heavy atom. The Labute approximate surface area is 154 Å². The SMILES string of the molecule is O=C([O-])CCN1C(=O)C(=O)C(=C(O)c2ccccc2)[C@@H]1c1ccc(F)cc1. The highest BCUT2D eigenvalue weighted by atomic mass is 19.1. The number of aliphatic hydroxyl groups excluding tert-OH is 1. The number of aliphatic carboxylic acids is 1. The average molecular weight is 368 g/mol. The second kappa shape index (κ2) is 7.41. The van der Waals surface area contributed by atoms with E-state index >= 15 is 0 Å². The molecule has 0 saturated carbocycles. The van der Waals surface area contributed by atoms with Crippen molar-refractivity contribution in [2.75, 3.05) is 6.54 Å². The molecule has 0 radical (unpaired) electrons. The number of hydrogen-bond donors (Lipinski definition) is 1. The topological polar surface area (TPSA) is 97.7 Å². The van der Waals surface area contributed by atoms with Gasteiger partial charge in [-0.2, -0.15) is 0 Å². The number of carbonyl (C=O) groups is 3. The number of halogens is 1. The Morgan fingerprint density at radius 1 is 1.07 bits per heavy atom. The van der Waals surface area contributed by atoms with Crippen LogP contribution in [0.1, 0.15) is 23.6 Å². The van der Waals surface area contributed by atoms with Gasteiger partial charge in [0.15, 0.2) is 0 Å². The van der Waals surface area contributed by atoms with Gasteiger partial charge in [-0.25, -0.2) is 4.39 Å². The summed E-state index contributed by atoms with van der Waals surface area (Å²) < 4.78 is 13.3. The van der Waals surface area contributed by atoms with Crippen LogP contribution < -0.4 is 5.11 Å². The van der Waals surface area contributed by atoms with Crippen LogP contribution in [0.2, 0.25) is 0 Å². The highest BCUT2D eigenvalue weighted by Crippen LogP contribution is 2.39. The van der Waals surface area contributed by atoms with Gasteiger partial charge in [-0.05, 0) is 17.7 Å². The number of Topliss-reactive ketones (excluding diaryl/α,β-unsaturated/α-hetero) is 1. The molecule has 0 bridgehead atoms. The maximum atomic E-state index is 13.3. The molecule has 27 heavy (non-hydrogen) atoms. The summed E-state index contributed by atoms with van der Waals surface area (Å²) >= 11 is 0. The standard InChI is InChI=1S/C20H16FNO5/c21-14-8-6-12(7-9-14)17-16(18(25)13-4-2-1-3-5-13)19(26)20(27)22(17)11-10-15(23)24/h1-9,17,25H,10-11H2,(H,23,24)/p-1/t17-/m0/s1. The van der Waals surface area contributed by atoms with Crippen molar-refractivity contribution >= 4 is 23.4 Å². The normalized spacial score (nSPS) is 18.7. The summed E-state index contributed by atoms with van der Waals surface area (Å²) in [6.45, 7) is -0.277. The molecule has 0 spiro atoms. The summed E-state index contributed by atoms with van der Waals surface area (Å²) in [6, 6.07) is 12.3. The number of hydrogen-bond acceptors (Lipinski definition) is 5. The molecule has 1 aliphatic rings. The van der Waals surface area contributed by atoms with Crippen LogP contribution in [-0.2, 0) is 14.4 Å². The van der Waals surface area contributed by atoms with Crippen molar-refractivity contribution in [2.45, 2.75) is 12.5 Å². The van der Waals surface area contributed by atoms with E-state index in [2.05, 4.69) is 0 Å². The van der Waals surface area contributed by atoms with Crippen molar-refractivity contribution in [1.29, 1.82) is 0 Å². The molecule has 138 valence electrons. The highest BCUT2D eigenvalue weighted by molar-refractivity contribution is 6.46. The number of aliphatic hydroxyl groups is 1. The summed E-state index contributed by atoms with van der Waals surface area (Å²) in [4.78, 5) is 36.9. The maximum Gasteiger partial charge on any atom is 0.295 e. The summed E-state index contributed by atoms with van der Waals surface area (Å²) in [5.74, 6) is -4.11. The molecule has 6 nitrogen and oxygen atoms in total. The largest absolute Gasteiger partial charge is 0.550 e. The van der Waals surface area contributed by atoms with E-state index in [0.717, 1.165) is 17.0 Å². The van der Waals surface area contributed by atoms with Crippen molar-refractivity contribution in [1.82, 2.24) is 4.90 Å². The van der Waals surface area contributed by atoms with Gasteiger partial charge in [0, 0.05) is 24.5 Å². The fourth-order valence-electron chi connectivity index (χ4n) is 3.07. The molecular weight excluding hydrogens is 353 g/mol. The van der Waals surface area contributed by atoms with Crippen molar-refractivity contribution in [3.05, 3.63) is 77.1 Å². The Balaban J connectivity index is 2.14. The lowest BCUT2D eigenvalue weighted by Gasteiger charge is -2.25. The first-order chi connectivity index (χ1) is 12.9. The summed E-state index contributed by atoms with van der Waals surface area (Å²) in [6.07, 6.45) is -0.476. The van der Waals surface area contributed by atoms with Gasteiger partial charge in [-0.1, -0.05) is 42.5 Å². The number of carboxylic acid groups (broad SMARTS) is 1. The molecule has 1 fully saturated rings. The van der Waals surface area contributed by atoms with E-state index in [4.69, 9.17) is 0 Å². The average Bonchev–Trinajstić information content (AvgIpc) is 2.91. The first kappa shape index (κ1) is 18.3. The smallest absolute Gasteiger partial charge is 0.295 e. The van der Waals surface area contributed by atoms with Crippen LogP contribution in [0.5, 0.6) is 0 Å². The Bertz CT molecular complexity index is 921. The van der Waals surface area contributed by atoms with Gasteiger partial charge >= 0.3 is 0 Å².